The predicted molar refractivity (Wildman–Crippen MR) is 64.4 cm³/mol. The van der Waals surface area contributed by atoms with Crippen LogP contribution in [-0.4, -0.2) is 61.6 Å². The molecule has 1 rings (SSSR count). The van der Waals surface area contributed by atoms with Crippen LogP contribution < -0.4 is 0 Å². The molecule has 0 radical (unpaired) electrons. The number of carbonyl (C=O) groups excluding carboxylic acids is 1. The van der Waals surface area contributed by atoms with E-state index in [0.29, 0.717) is 6.04 Å². The van der Waals surface area contributed by atoms with Crippen molar-refractivity contribution in [1.82, 2.24) is 9.80 Å². The molecule has 16 heavy (non-hydrogen) atoms. The van der Waals surface area contributed by atoms with Crippen LogP contribution in [0.25, 0.3) is 0 Å². The van der Waals surface area contributed by atoms with E-state index in [-0.39, 0.29) is 18.6 Å². The lowest BCUT2D eigenvalue weighted by molar-refractivity contribution is -0.139. The first-order chi connectivity index (χ1) is 7.50. The molecule has 1 aliphatic heterocycles. The molecule has 0 saturated carbocycles. The lowest BCUT2D eigenvalue weighted by Crippen LogP contribution is -2.48. The van der Waals surface area contributed by atoms with E-state index in [4.69, 9.17) is 4.74 Å². The highest BCUT2D eigenvalue weighted by Crippen LogP contribution is 2.13. The predicted octanol–water partition coefficient (Wildman–Crippen LogP) is 0.964. The van der Waals surface area contributed by atoms with Crippen molar-refractivity contribution in [1.29, 1.82) is 0 Å². The van der Waals surface area contributed by atoms with E-state index in [1.807, 2.05) is 25.8 Å². The van der Waals surface area contributed by atoms with E-state index >= 15 is 0 Å². The number of ether oxygens (including phenoxy) is 1. The van der Waals surface area contributed by atoms with Crippen molar-refractivity contribution in [2.24, 2.45) is 0 Å². The molecule has 1 atom stereocenters. The molecule has 1 heterocycles. The van der Waals surface area contributed by atoms with Crippen LogP contribution in [0, 0.1) is 0 Å². The first-order valence-corrected chi connectivity index (χ1v) is 6.06. The van der Waals surface area contributed by atoms with Crippen molar-refractivity contribution in [2.75, 3.05) is 33.8 Å². The molecule has 1 aliphatic rings. The highest BCUT2D eigenvalue weighted by molar-refractivity contribution is 5.77. The number of hydrogen-bond donors (Lipinski definition) is 0. The third-order valence-electron chi connectivity index (χ3n) is 3.08. The van der Waals surface area contributed by atoms with Gasteiger partial charge in [-0.05, 0) is 40.3 Å². The highest BCUT2D eigenvalue weighted by atomic mass is 16.5. The second-order valence-electron chi connectivity index (χ2n) is 4.92. The fraction of sp³-hybridized carbons (Fsp3) is 0.917. The van der Waals surface area contributed by atoms with Crippen molar-refractivity contribution in [2.45, 2.75) is 38.8 Å². The molecular formula is C12H24N2O2. The first kappa shape index (κ1) is 13.5. The average Bonchev–Trinajstić information content (AvgIpc) is 2.24. The Morgan fingerprint density at radius 3 is 2.81 bits per heavy atom. The number of rotatable bonds is 4. The van der Waals surface area contributed by atoms with Gasteiger partial charge in [-0.25, -0.2) is 0 Å². The smallest absolute Gasteiger partial charge is 0.248 e. The minimum atomic E-state index is 0.0917. The van der Waals surface area contributed by atoms with Crippen LogP contribution >= 0.6 is 0 Å². The van der Waals surface area contributed by atoms with Gasteiger partial charge in [0, 0.05) is 19.6 Å². The van der Waals surface area contributed by atoms with E-state index in [1.54, 1.807) is 0 Å². The number of amides is 1. The average molecular weight is 228 g/mol. The van der Waals surface area contributed by atoms with Gasteiger partial charge in [-0.1, -0.05) is 0 Å². The number of carbonyl (C=O) groups is 1. The zero-order valence-electron chi connectivity index (χ0n) is 10.9. The molecular weight excluding hydrogens is 204 g/mol. The normalized spacial score (nSPS) is 22.4. The summed E-state index contributed by atoms with van der Waals surface area (Å²) in [5.74, 6) is 0.0917. The molecule has 0 N–H and O–H groups in total. The quantitative estimate of drug-likeness (QED) is 0.718. The Kier molecular flexibility index (Phi) is 5.22. The number of piperidine rings is 1. The molecule has 4 heteroatoms. The SMILES string of the molecule is CC(C)OCC(=O)N(C)C1CCCN(C)C1. The molecule has 1 unspecified atom stereocenters. The molecule has 1 amide bonds. The van der Waals surface area contributed by atoms with E-state index in [2.05, 4.69) is 11.9 Å². The molecule has 94 valence electrons. The summed E-state index contributed by atoms with van der Waals surface area (Å²) >= 11 is 0. The summed E-state index contributed by atoms with van der Waals surface area (Å²) in [5, 5.41) is 0. The maximum absolute atomic E-state index is 11.8. The summed E-state index contributed by atoms with van der Waals surface area (Å²) in [6.45, 7) is 6.21. The van der Waals surface area contributed by atoms with Crippen molar-refractivity contribution in [3.8, 4) is 0 Å². The lowest BCUT2D eigenvalue weighted by Gasteiger charge is -2.35. The summed E-state index contributed by atoms with van der Waals surface area (Å²) in [5.41, 5.74) is 0. The largest absolute Gasteiger partial charge is 0.369 e. The number of hydrogen-bond acceptors (Lipinski definition) is 3. The number of likely N-dealkylation sites (N-methyl/N-ethyl adjacent to an activating group) is 2. The minimum Gasteiger partial charge on any atom is -0.369 e. The van der Waals surface area contributed by atoms with Crippen LogP contribution in [0.15, 0.2) is 0 Å². The van der Waals surface area contributed by atoms with Crippen molar-refractivity contribution in [3.05, 3.63) is 0 Å². The van der Waals surface area contributed by atoms with Crippen LogP contribution in [0.2, 0.25) is 0 Å². The molecule has 4 nitrogen and oxygen atoms in total. The third kappa shape index (κ3) is 4.10. The monoisotopic (exact) mass is 228 g/mol. The Hall–Kier alpha value is -0.610. The van der Waals surface area contributed by atoms with Gasteiger partial charge in [-0.3, -0.25) is 4.79 Å². The van der Waals surface area contributed by atoms with Crippen LogP contribution in [-0.2, 0) is 9.53 Å². The Labute approximate surface area is 98.5 Å². The van der Waals surface area contributed by atoms with Gasteiger partial charge in [0.25, 0.3) is 0 Å². The summed E-state index contributed by atoms with van der Waals surface area (Å²) in [7, 11) is 3.99. The molecule has 1 fully saturated rings. The summed E-state index contributed by atoms with van der Waals surface area (Å²) in [6, 6.07) is 0.349. The lowest BCUT2D eigenvalue weighted by atomic mass is 10.1. The molecule has 0 aromatic rings. The van der Waals surface area contributed by atoms with E-state index in [9.17, 15) is 4.79 Å². The van der Waals surface area contributed by atoms with Gasteiger partial charge in [0.15, 0.2) is 0 Å². The maximum Gasteiger partial charge on any atom is 0.248 e. The summed E-state index contributed by atoms with van der Waals surface area (Å²) < 4.78 is 5.34. The molecule has 0 aliphatic carbocycles. The van der Waals surface area contributed by atoms with Gasteiger partial charge in [0.05, 0.1) is 6.10 Å². The minimum absolute atomic E-state index is 0.0917. The summed E-state index contributed by atoms with van der Waals surface area (Å²) in [6.07, 6.45) is 2.39. The van der Waals surface area contributed by atoms with Gasteiger partial charge in [-0.15, -0.1) is 0 Å². The van der Waals surface area contributed by atoms with Crippen LogP contribution in [0.1, 0.15) is 26.7 Å². The van der Waals surface area contributed by atoms with Crippen LogP contribution in [0.4, 0.5) is 0 Å². The zero-order chi connectivity index (χ0) is 12.1. The molecule has 0 spiro atoms. The fourth-order valence-electron chi connectivity index (χ4n) is 2.00. The second-order valence-corrected chi connectivity index (χ2v) is 4.92. The first-order valence-electron chi connectivity index (χ1n) is 6.06. The van der Waals surface area contributed by atoms with E-state index < -0.39 is 0 Å². The Balaban J connectivity index is 2.37. The molecule has 1 saturated heterocycles. The maximum atomic E-state index is 11.8. The van der Waals surface area contributed by atoms with Gasteiger partial charge >= 0.3 is 0 Å². The van der Waals surface area contributed by atoms with Crippen molar-refractivity contribution >= 4 is 5.91 Å². The Morgan fingerprint density at radius 1 is 1.56 bits per heavy atom. The highest BCUT2D eigenvalue weighted by Gasteiger charge is 2.24. The Bertz CT molecular complexity index is 231. The Morgan fingerprint density at radius 2 is 2.25 bits per heavy atom. The van der Waals surface area contributed by atoms with E-state index in [0.717, 1.165) is 19.5 Å². The second kappa shape index (κ2) is 6.21. The van der Waals surface area contributed by atoms with Gasteiger partial charge in [0.1, 0.15) is 6.61 Å². The molecule has 0 aromatic heterocycles. The standard InChI is InChI=1S/C12H24N2O2/c1-10(2)16-9-12(15)14(4)11-6-5-7-13(3)8-11/h10-11H,5-9H2,1-4H3. The van der Waals surface area contributed by atoms with Gasteiger partial charge in [0.2, 0.25) is 5.91 Å². The molecule has 0 aromatic carbocycles. The third-order valence-corrected chi connectivity index (χ3v) is 3.08. The van der Waals surface area contributed by atoms with Gasteiger partial charge in [-0.2, -0.15) is 0 Å². The van der Waals surface area contributed by atoms with Crippen LogP contribution in [0.5, 0.6) is 0 Å². The van der Waals surface area contributed by atoms with Crippen LogP contribution in [0.3, 0.4) is 0 Å². The summed E-state index contributed by atoms with van der Waals surface area (Å²) in [4.78, 5) is 16.0. The number of nitrogens with zero attached hydrogens (tertiary/aromatic N) is 2. The van der Waals surface area contributed by atoms with Crippen molar-refractivity contribution in [3.63, 3.8) is 0 Å². The fourth-order valence-corrected chi connectivity index (χ4v) is 2.00. The molecule has 0 bridgehead atoms. The van der Waals surface area contributed by atoms with E-state index in [1.165, 1.54) is 6.42 Å². The van der Waals surface area contributed by atoms with Gasteiger partial charge < -0.3 is 14.5 Å². The van der Waals surface area contributed by atoms with Crippen molar-refractivity contribution < 1.29 is 9.53 Å². The number of likely N-dealkylation sites (tertiary alicyclic amines) is 1. The zero-order valence-corrected chi connectivity index (χ0v) is 10.9. The topological polar surface area (TPSA) is 32.8 Å².